The normalized spacial score (nSPS) is 26.3. The van der Waals surface area contributed by atoms with E-state index in [1.165, 1.54) is 0 Å². The van der Waals surface area contributed by atoms with E-state index < -0.39 is 18.0 Å². The lowest BCUT2D eigenvalue weighted by Gasteiger charge is -2.28. The molecule has 23 heavy (non-hydrogen) atoms. The standard InChI is InChI=1S/C16H18N2O5/c1-8-10(16(21)22)6-7-18(8)15(20)11-4-3-5-12-13(11)23-9(2)14(19)17-12/h3-5,8-10H,6-7H2,1-2H3,(H,17,19)(H,21,22). The van der Waals surface area contributed by atoms with Gasteiger partial charge in [0, 0.05) is 12.6 Å². The van der Waals surface area contributed by atoms with Gasteiger partial charge in [0.1, 0.15) is 0 Å². The zero-order valence-electron chi connectivity index (χ0n) is 12.9. The molecular formula is C16H18N2O5. The number of fused-ring (bicyclic) bond motifs is 1. The average molecular weight is 318 g/mol. The molecule has 1 saturated heterocycles. The number of aliphatic carboxylic acids is 1. The highest BCUT2D eigenvalue weighted by molar-refractivity contribution is 6.04. The van der Waals surface area contributed by atoms with Gasteiger partial charge in [0.2, 0.25) is 0 Å². The number of benzene rings is 1. The molecule has 0 radical (unpaired) electrons. The van der Waals surface area contributed by atoms with Crippen LogP contribution in [0, 0.1) is 5.92 Å². The first-order valence-electron chi connectivity index (χ1n) is 7.54. The van der Waals surface area contributed by atoms with Crippen molar-refractivity contribution in [2.75, 3.05) is 11.9 Å². The molecule has 0 aliphatic carbocycles. The maximum Gasteiger partial charge on any atom is 0.308 e. The SMILES string of the molecule is CC1Oc2c(cccc2C(=O)N2CCC(C(=O)O)C2C)NC1=O. The molecule has 1 aromatic carbocycles. The predicted octanol–water partition coefficient (Wildman–Crippen LogP) is 1.34. The van der Waals surface area contributed by atoms with Crippen LogP contribution in [-0.2, 0) is 9.59 Å². The molecule has 1 fully saturated rings. The first-order valence-corrected chi connectivity index (χ1v) is 7.54. The Kier molecular flexibility index (Phi) is 3.71. The molecule has 0 saturated carbocycles. The van der Waals surface area contributed by atoms with Crippen molar-refractivity contribution < 1.29 is 24.2 Å². The summed E-state index contributed by atoms with van der Waals surface area (Å²) in [6.07, 6.45) is -0.246. The summed E-state index contributed by atoms with van der Waals surface area (Å²) in [6, 6.07) is 4.59. The van der Waals surface area contributed by atoms with Crippen molar-refractivity contribution in [3.8, 4) is 5.75 Å². The number of amides is 2. The van der Waals surface area contributed by atoms with Crippen LogP contribution in [0.3, 0.4) is 0 Å². The monoisotopic (exact) mass is 318 g/mol. The quantitative estimate of drug-likeness (QED) is 0.858. The molecule has 3 atom stereocenters. The van der Waals surface area contributed by atoms with Crippen molar-refractivity contribution in [1.82, 2.24) is 4.90 Å². The summed E-state index contributed by atoms with van der Waals surface area (Å²) in [5.74, 6) is -1.64. The second-order valence-electron chi connectivity index (χ2n) is 5.90. The molecule has 3 rings (SSSR count). The highest BCUT2D eigenvalue weighted by Gasteiger charge is 2.39. The topological polar surface area (TPSA) is 95.9 Å². The molecule has 7 heteroatoms. The maximum atomic E-state index is 12.8. The molecule has 2 aliphatic heterocycles. The van der Waals surface area contributed by atoms with Crippen molar-refractivity contribution >= 4 is 23.5 Å². The number of hydrogen-bond acceptors (Lipinski definition) is 4. The number of ether oxygens (including phenoxy) is 1. The van der Waals surface area contributed by atoms with E-state index in [9.17, 15) is 19.5 Å². The zero-order chi connectivity index (χ0) is 16.7. The number of carbonyl (C=O) groups is 3. The molecule has 3 unspecified atom stereocenters. The van der Waals surface area contributed by atoms with Crippen LogP contribution in [0.2, 0.25) is 0 Å². The minimum absolute atomic E-state index is 0.261. The van der Waals surface area contributed by atoms with Crippen LogP contribution in [0.15, 0.2) is 18.2 Å². The van der Waals surface area contributed by atoms with Crippen molar-refractivity contribution in [2.24, 2.45) is 5.92 Å². The van der Waals surface area contributed by atoms with E-state index in [4.69, 9.17) is 4.74 Å². The van der Waals surface area contributed by atoms with Crippen LogP contribution in [0.1, 0.15) is 30.6 Å². The summed E-state index contributed by atoms with van der Waals surface area (Å²) in [7, 11) is 0. The number of hydrogen-bond donors (Lipinski definition) is 2. The summed E-state index contributed by atoms with van der Waals surface area (Å²) in [4.78, 5) is 37.3. The zero-order valence-corrected chi connectivity index (χ0v) is 12.9. The summed E-state index contributed by atoms with van der Waals surface area (Å²) < 4.78 is 5.59. The number of carbonyl (C=O) groups excluding carboxylic acids is 2. The molecular weight excluding hydrogens is 300 g/mol. The lowest BCUT2D eigenvalue weighted by atomic mass is 10.0. The number of rotatable bonds is 2. The third kappa shape index (κ3) is 2.52. The van der Waals surface area contributed by atoms with Gasteiger partial charge in [-0.05, 0) is 32.4 Å². The summed E-state index contributed by atoms with van der Waals surface area (Å²) >= 11 is 0. The van der Waals surface area contributed by atoms with Gasteiger partial charge in [-0.3, -0.25) is 14.4 Å². The lowest BCUT2D eigenvalue weighted by molar-refractivity contribution is -0.142. The van der Waals surface area contributed by atoms with Gasteiger partial charge in [-0.2, -0.15) is 0 Å². The maximum absolute atomic E-state index is 12.8. The Balaban J connectivity index is 1.91. The van der Waals surface area contributed by atoms with Crippen molar-refractivity contribution in [3.63, 3.8) is 0 Å². The molecule has 0 aromatic heterocycles. The van der Waals surface area contributed by atoms with Gasteiger partial charge < -0.3 is 20.1 Å². The Morgan fingerprint density at radius 2 is 2.09 bits per heavy atom. The molecule has 2 N–H and O–H groups in total. The molecule has 2 amide bonds. The Labute approximate surface area is 133 Å². The second-order valence-corrected chi connectivity index (χ2v) is 5.90. The molecule has 0 bridgehead atoms. The van der Waals surface area contributed by atoms with E-state index >= 15 is 0 Å². The van der Waals surface area contributed by atoms with E-state index in [-0.39, 0.29) is 17.9 Å². The Bertz CT molecular complexity index is 687. The van der Waals surface area contributed by atoms with Crippen LogP contribution < -0.4 is 10.1 Å². The Morgan fingerprint density at radius 3 is 2.74 bits per heavy atom. The fourth-order valence-corrected chi connectivity index (χ4v) is 3.11. The van der Waals surface area contributed by atoms with Gasteiger partial charge in [0.15, 0.2) is 11.9 Å². The number of nitrogens with zero attached hydrogens (tertiary/aromatic N) is 1. The Morgan fingerprint density at radius 1 is 1.35 bits per heavy atom. The van der Waals surface area contributed by atoms with Gasteiger partial charge in [0.25, 0.3) is 11.8 Å². The number of likely N-dealkylation sites (tertiary alicyclic amines) is 1. The molecule has 2 aliphatic rings. The van der Waals surface area contributed by atoms with Gasteiger partial charge in [-0.15, -0.1) is 0 Å². The first-order chi connectivity index (χ1) is 10.9. The Hall–Kier alpha value is -2.57. The van der Waals surface area contributed by atoms with Gasteiger partial charge in [-0.1, -0.05) is 6.07 Å². The van der Waals surface area contributed by atoms with Crippen LogP contribution >= 0.6 is 0 Å². The molecule has 0 spiro atoms. The van der Waals surface area contributed by atoms with E-state index in [0.29, 0.717) is 30.0 Å². The average Bonchev–Trinajstić information content (AvgIpc) is 2.89. The van der Waals surface area contributed by atoms with E-state index in [1.807, 2.05) is 0 Å². The van der Waals surface area contributed by atoms with E-state index in [0.717, 1.165) is 0 Å². The number of carboxylic acids is 1. The largest absolute Gasteiger partial charge is 0.481 e. The molecule has 7 nitrogen and oxygen atoms in total. The number of para-hydroxylation sites is 1. The fraction of sp³-hybridized carbons (Fsp3) is 0.438. The van der Waals surface area contributed by atoms with Crippen LogP contribution in [0.4, 0.5) is 5.69 Å². The van der Waals surface area contributed by atoms with Crippen LogP contribution in [-0.4, -0.2) is 46.5 Å². The second kappa shape index (κ2) is 5.57. The highest BCUT2D eigenvalue weighted by atomic mass is 16.5. The highest BCUT2D eigenvalue weighted by Crippen LogP contribution is 2.35. The summed E-state index contributed by atoms with van der Waals surface area (Å²) in [6.45, 7) is 3.74. The van der Waals surface area contributed by atoms with Gasteiger partial charge >= 0.3 is 5.97 Å². The minimum atomic E-state index is -0.889. The van der Waals surface area contributed by atoms with E-state index in [2.05, 4.69) is 5.32 Å². The minimum Gasteiger partial charge on any atom is -0.481 e. The summed E-state index contributed by atoms with van der Waals surface area (Å²) in [5, 5.41) is 11.9. The smallest absolute Gasteiger partial charge is 0.308 e. The molecule has 2 heterocycles. The number of nitrogens with one attached hydrogen (secondary N) is 1. The van der Waals surface area contributed by atoms with E-state index in [1.54, 1.807) is 36.9 Å². The third-order valence-electron chi connectivity index (χ3n) is 4.50. The summed E-state index contributed by atoms with van der Waals surface area (Å²) in [5.41, 5.74) is 0.799. The van der Waals surface area contributed by atoms with Crippen molar-refractivity contribution in [1.29, 1.82) is 0 Å². The molecule has 122 valence electrons. The number of carboxylic acid groups (broad SMARTS) is 1. The van der Waals surface area contributed by atoms with Gasteiger partial charge in [0.05, 0.1) is 17.2 Å². The van der Waals surface area contributed by atoms with Crippen molar-refractivity contribution in [3.05, 3.63) is 23.8 Å². The lowest BCUT2D eigenvalue weighted by Crippen LogP contribution is -2.39. The third-order valence-corrected chi connectivity index (χ3v) is 4.50. The van der Waals surface area contributed by atoms with Crippen LogP contribution in [0.5, 0.6) is 5.75 Å². The number of anilines is 1. The van der Waals surface area contributed by atoms with Crippen LogP contribution in [0.25, 0.3) is 0 Å². The fourth-order valence-electron chi connectivity index (χ4n) is 3.11. The predicted molar refractivity (Wildman–Crippen MR) is 81.4 cm³/mol. The van der Waals surface area contributed by atoms with Gasteiger partial charge in [-0.25, -0.2) is 0 Å². The van der Waals surface area contributed by atoms with Crippen molar-refractivity contribution in [2.45, 2.75) is 32.4 Å². The first kappa shape index (κ1) is 15.3. The molecule has 1 aromatic rings.